The average Bonchev–Trinajstić information content (AvgIpc) is 2.69. The lowest BCUT2D eigenvalue weighted by Crippen LogP contribution is -2.46. The number of esters is 2. The largest absolute Gasteiger partial charge is 0.500 e. The van der Waals surface area contributed by atoms with Gasteiger partial charge in [-0.1, -0.05) is 20.1 Å². The third kappa shape index (κ3) is 10.8. The van der Waals surface area contributed by atoms with Crippen LogP contribution in [0.5, 0.6) is 0 Å². The molecule has 0 spiro atoms. The number of ether oxygens (including phenoxy) is 2. The summed E-state index contributed by atoms with van der Waals surface area (Å²) in [4.78, 5) is 22.9. The topological polar surface area (TPSA) is 98.8 Å². The van der Waals surface area contributed by atoms with Crippen LogP contribution in [-0.2, 0) is 41.2 Å². The Balaban J connectivity index is 4.79. The van der Waals surface area contributed by atoms with Crippen molar-refractivity contribution in [3.05, 3.63) is 24.3 Å². The predicted octanol–water partition coefficient (Wildman–Crippen LogP) is 1.75. The molecule has 0 aliphatic heterocycles. The maximum atomic E-state index is 11.5. The van der Waals surface area contributed by atoms with Gasteiger partial charge in [0.25, 0.3) is 0 Å². The zero-order valence-electron chi connectivity index (χ0n) is 18.3. The third-order valence-corrected chi connectivity index (χ3v) is 9.64. The van der Waals surface area contributed by atoms with E-state index in [1.54, 1.807) is 35.2 Å². The summed E-state index contributed by atoms with van der Waals surface area (Å²) < 4.78 is 38.2. The molecule has 0 aliphatic carbocycles. The van der Waals surface area contributed by atoms with Gasteiger partial charge >= 0.3 is 30.0 Å². The van der Waals surface area contributed by atoms with E-state index in [1.807, 2.05) is 6.92 Å². The maximum Gasteiger partial charge on any atom is 0.500 e. The lowest BCUT2D eigenvalue weighted by molar-refractivity contribution is -0.140. The Hall–Kier alpha value is -1.35. The molecule has 11 heteroatoms. The van der Waals surface area contributed by atoms with Crippen LogP contribution in [-0.4, -0.2) is 77.8 Å². The Morgan fingerprint density at radius 1 is 0.828 bits per heavy atom. The number of hydrogen-bond donors (Lipinski definition) is 0. The van der Waals surface area contributed by atoms with Gasteiger partial charge in [-0.15, -0.1) is 0 Å². The van der Waals surface area contributed by atoms with E-state index in [1.165, 1.54) is 0 Å². The Morgan fingerprint density at radius 3 is 1.52 bits per heavy atom. The van der Waals surface area contributed by atoms with Crippen LogP contribution in [0.3, 0.4) is 0 Å². The van der Waals surface area contributed by atoms with Gasteiger partial charge in [0.1, 0.15) is 13.2 Å². The van der Waals surface area contributed by atoms with E-state index in [0.29, 0.717) is 17.2 Å². The second kappa shape index (κ2) is 14.6. The Kier molecular flexibility index (Phi) is 13.9. The molecule has 0 aromatic carbocycles. The smallest absolute Gasteiger partial charge is 0.460 e. The van der Waals surface area contributed by atoms with Gasteiger partial charge in [-0.25, -0.2) is 9.59 Å². The Bertz CT molecular complexity index is 507. The van der Waals surface area contributed by atoms with E-state index in [2.05, 4.69) is 13.2 Å². The summed E-state index contributed by atoms with van der Waals surface area (Å²) in [5.74, 6) is -0.950. The van der Waals surface area contributed by atoms with Crippen molar-refractivity contribution in [3.63, 3.8) is 0 Å². The van der Waals surface area contributed by atoms with E-state index >= 15 is 0 Å². The van der Waals surface area contributed by atoms with Crippen LogP contribution in [0.2, 0.25) is 11.6 Å². The second-order valence-corrected chi connectivity index (χ2v) is 12.0. The molecule has 0 rings (SSSR count). The van der Waals surface area contributed by atoms with Crippen molar-refractivity contribution < 1.29 is 41.2 Å². The SMILES string of the molecule is C=C(C)C(=O)OCCO[SiH](OCCOC(=O)C(=C)C)C(C)C[Si](OC)(OC)OC. The zero-order valence-corrected chi connectivity index (χ0v) is 20.4. The highest BCUT2D eigenvalue weighted by molar-refractivity contribution is 6.63. The summed E-state index contributed by atoms with van der Waals surface area (Å²) in [5, 5.41) is 0. The van der Waals surface area contributed by atoms with Gasteiger partial charge in [0.15, 0.2) is 0 Å². The molecule has 29 heavy (non-hydrogen) atoms. The lowest BCUT2D eigenvalue weighted by Gasteiger charge is -2.30. The van der Waals surface area contributed by atoms with Crippen LogP contribution in [0.15, 0.2) is 24.3 Å². The molecule has 0 radical (unpaired) electrons. The molecule has 0 N–H and O–H groups in total. The molecule has 0 amide bonds. The van der Waals surface area contributed by atoms with Crippen molar-refractivity contribution in [2.45, 2.75) is 32.4 Å². The third-order valence-electron chi connectivity index (χ3n) is 3.86. The molecule has 1 atom stereocenters. The highest BCUT2D eigenvalue weighted by Crippen LogP contribution is 2.26. The highest BCUT2D eigenvalue weighted by atomic mass is 28.4. The molecule has 9 nitrogen and oxygen atoms in total. The van der Waals surface area contributed by atoms with Crippen LogP contribution in [0.4, 0.5) is 0 Å². The first kappa shape index (κ1) is 27.7. The van der Waals surface area contributed by atoms with Gasteiger partial charge in [-0.2, -0.15) is 0 Å². The minimum absolute atomic E-state index is 0.0461. The van der Waals surface area contributed by atoms with E-state index in [4.69, 9.17) is 31.6 Å². The minimum Gasteiger partial charge on any atom is -0.460 e. The molecular formula is C18H34O9Si2. The minimum atomic E-state index is -2.82. The van der Waals surface area contributed by atoms with Crippen LogP contribution < -0.4 is 0 Å². The lowest BCUT2D eigenvalue weighted by atomic mass is 10.4. The van der Waals surface area contributed by atoms with Gasteiger partial charge < -0.3 is 31.6 Å². The summed E-state index contributed by atoms with van der Waals surface area (Å²) in [6.07, 6.45) is 0. The fourth-order valence-corrected chi connectivity index (χ4v) is 7.05. The summed E-state index contributed by atoms with van der Waals surface area (Å²) >= 11 is 0. The average molecular weight is 451 g/mol. The van der Waals surface area contributed by atoms with Crippen molar-refractivity contribution in [1.29, 1.82) is 0 Å². The Morgan fingerprint density at radius 2 is 1.21 bits per heavy atom. The standard InChI is InChI=1S/C18H34O9Si2/c1-14(2)17(19)24-9-11-26-28(27-12-10-25-18(20)15(3)4)16(5)13-29(21-6,22-7)23-8/h16,28H,1,3,9-13H2,2,4-8H3. The first-order valence-corrected chi connectivity index (χ1v) is 12.7. The molecule has 0 saturated carbocycles. The van der Waals surface area contributed by atoms with Crippen molar-refractivity contribution in [2.24, 2.45) is 0 Å². The van der Waals surface area contributed by atoms with Crippen molar-refractivity contribution in [2.75, 3.05) is 47.8 Å². The fourth-order valence-electron chi connectivity index (χ4n) is 2.21. The molecule has 0 bridgehead atoms. The van der Waals surface area contributed by atoms with Crippen LogP contribution in [0.25, 0.3) is 0 Å². The van der Waals surface area contributed by atoms with E-state index in [0.717, 1.165) is 0 Å². The summed E-state index contributed by atoms with van der Waals surface area (Å²) in [7, 11) is -0.480. The van der Waals surface area contributed by atoms with Gasteiger partial charge in [0, 0.05) is 44.1 Å². The Labute approximate surface area is 176 Å². The predicted molar refractivity (Wildman–Crippen MR) is 112 cm³/mol. The quantitative estimate of drug-likeness (QED) is 0.151. The van der Waals surface area contributed by atoms with Crippen LogP contribution in [0.1, 0.15) is 20.8 Å². The monoisotopic (exact) mass is 450 g/mol. The van der Waals surface area contributed by atoms with Crippen LogP contribution in [0, 0.1) is 0 Å². The van der Waals surface area contributed by atoms with E-state index in [-0.39, 0.29) is 32.0 Å². The molecule has 0 aliphatic rings. The number of hydrogen-bond acceptors (Lipinski definition) is 9. The summed E-state index contributed by atoms with van der Waals surface area (Å²) in [6.45, 7) is 12.7. The molecule has 0 heterocycles. The molecule has 0 aromatic heterocycles. The van der Waals surface area contributed by atoms with Crippen molar-refractivity contribution in [3.8, 4) is 0 Å². The molecular weight excluding hydrogens is 416 g/mol. The second-order valence-electron chi connectivity index (χ2n) is 6.42. The van der Waals surface area contributed by atoms with Gasteiger partial charge in [0.2, 0.25) is 0 Å². The number of rotatable bonds is 16. The normalized spacial score (nSPS) is 12.5. The van der Waals surface area contributed by atoms with Crippen molar-refractivity contribution >= 4 is 30.0 Å². The molecule has 168 valence electrons. The number of carbonyl (C=O) groups is 2. The molecule has 0 aromatic rings. The van der Waals surface area contributed by atoms with E-state index in [9.17, 15) is 9.59 Å². The molecule has 0 saturated heterocycles. The van der Waals surface area contributed by atoms with Gasteiger partial charge in [0.05, 0.1) is 13.2 Å². The molecule has 0 fully saturated rings. The summed E-state index contributed by atoms with van der Waals surface area (Å²) in [6, 6.07) is 0.491. The van der Waals surface area contributed by atoms with Crippen LogP contribution >= 0.6 is 0 Å². The van der Waals surface area contributed by atoms with E-state index < -0.39 is 30.0 Å². The van der Waals surface area contributed by atoms with Gasteiger partial charge in [-0.3, -0.25) is 0 Å². The first-order chi connectivity index (χ1) is 13.6. The van der Waals surface area contributed by atoms with Crippen molar-refractivity contribution in [1.82, 2.24) is 0 Å². The number of carbonyl (C=O) groups excluding carboxylic acids is 2. The molecule has 1 unspecified atom stereocenters. The van der Waals surface area contributed by atoms with Gasteiger partial charge in [-0.05, 0) is 13.8 Å². The zero-order chi connectivity index (χ0) is 22.4. The maximum absolute atomic E-state index is 11.5. The first-order valence-electron chi connectivity index (χ1n) is 9.16. The fraction of sp³-hybridized carbons (Fsp3) is 0.667. The highest BCUT2D eigenvalue weighted by Gasteiger charge is 2.42. The summed E-state index contributed by atoms with van der Waals surface area (Å²) in [5.41, 5.74) is 0.591.